The molecule has 0 radical (unpaired) electrons. The van der Waals surface area contributed by atoms with E-state index in [1.165, 1.54) is 0 Å². The molecule has 1 spiro atoms. The molecule has 3 aliphatic rings. The molecule has 2 fully saturated rings. The van der Waals surface area contributed by atoms with Gasteiger partial charge in [0.05, 0.1) is 18.6 Å². The van der Waals surface area contributed by atoms with Gasteiger partial charge in [-0.25, -0.2) is 0 Å². The Morgan fingerprint density at radius 3 is 3.16 bits per heavy atom. The number of carbonyl (C=O) groups is 2. The molecule has 6 heteroatoms. The molecule has 0 aliphatic carbocycles. The number of hydrogen-bond donors (Lipinski definition) is 1. The maximum Gasteiger partial charge on any atom is 0.310 e. The van der Waals surface area contributed by atoms with Gasteiger partial charge in [-0.2, -0.15) is 0 Å². The van der Waals surface area contributed by atoms with E-state index in [9.17, 15) is 14.7 Å². The van der Waals surface area contributed by atoms with E-state index in [1.807, 2.05) is 6.08 Å². The van der Waals surface area contributed by atoms with Crippen molar-refractivity contribution < 1.29 is 24.2 Å². The van der Waals surface area contributed by atoms with E-state index in [0.29, 0.717) is 19.7 Å². The van der Waals surface area contributed by atoms with Crippen LogP contribution in [0.4, 0.5) is 0 Å². The van der Waals surface area contributed by atoms with Gasteiger partial charge in [-0.15, -0.1) is 0 Å². The summed E-state index contributed by atoms with van der Waals surface area (Å²) in [5, 5.41) is 9.29. The van der Waals surface area contributed by atoms with Gasteiger partial charge < -0.3 is 19.5 Å². The quantitative estimate of drug-likeness (QED) is 0.555. The van der Waals surface area contributed by atoms with Crippen LogP contribution in [0.1, 0.15) is 6.42 Å². The Morgan fingerprint density at radius 1 is 1.68 bits per heavy atom. The van der Waals surface area contributed by atoms with Crippen molar-refractivity contribution in [2.45, 2.75) is 18.1 Å². The molecule has 6 nitrogen and oxygen atoms in total. The third-order valence-electron chi connectivity index (χ3n) is 4.24. The summed E-state index contributed by atoms with van der Waals surface area (Å²) in [4.78, 5) is 25.4. The molecule has 3 aliphatic heterocycles. The van der Waals surface area contributed by atoms with Gasteiger partial charge in [0.15, 0.2) is 0 Å². The molecule has 0 aromatic carbocycles. The fourth-order valence-electron chi connectivity index (χ4n) is 3.45. The van der Waals surface area contributed by atoms with E-state index < -0.39 is 29.5 Å². The minimum absolute atomic E-state index is 0.102. The number of rotatable bonds is 5. The average Bonchev–Trinajstić information content (AvgIpc) is 2.99. The summed E-state index contributed by atoms with van der Waals surface area (Å²) in [6.45, 7) is 1.62. The summed E-state index contributed by atoms with van der Waals surface area (Å²) in [5.41, 5.74) is -0.710. The Balaban J connectivity index is 1.79. The SMILES string of the molecule is COCCCN1C[C@@]23C=C[C@H](O2)[C@@H](C(=O)O)[C@@H]3C1=O. The number of fused-ring (bicyclic) bond motifs is 1. The highest BCUT2D eigenvalue weighted by Gasteiger charge is 2.66. The third kappa shape index (κ3) is 1.70. The first kappa shape index (κ1) is 12.6. The molecule has 1 amide bonds. The molecular formula is C13H17NO5. The summed E-state index contributed by atoms with van der Waals surface area (Å²) in [7, 11) is 1.62. The van der Waals surface area contributed by atoms with Crippen molar-refractivity contribution in [1.29, 1.82) is 0 Å². The third-order valence-corrected chi connectivity index (χ3v) is 4.24. The van der Waals surface area contributed by atoms with Gasteiger partial charge in [-0.05, 0) is 6.42 Å². The van der Waals surface area contributed by atoms with Crippen LogP contribution >= 0.6 is 0 Å². The lowest BCUT2D eigenvalue weighted by atomic mass is 9.77. The van der Waals surface area contributed by atoms with Gasteiger partial charge >= 0.3 is 5.97 Å². The second kappa shape index (κ2) is 4.31. The van der Waals surface area contributed by atoms with Crippen molar-refractivity contribution >= 4 is 11.9 Å². The average molecular weight is 267 g/mol. The zero-order valence-corrected chi connectivity index (χ0v) is 10.7. The fraction of sp³-hybridized carbons (Fsp3) is 0.692. The molecule has 0 aromatic heterocycles. The van der Waals surface area contributed by atoms with Crippen LogP contribution in [0.2, 0.25) is 0 Å². The molecule has 2 bridgehead atoms. The summed E-state index contributed by atoms with van der Waals surface area (Å²) in [6.07, 6.45) is 3.94. The second-order valence-corrected chi connectivity index (χ2v) is 5.34. The number of ether oxygens (including phenoxy) is 2. The largest absolute Gasteiger partial charge is 0.481 e. The van der Waals surface area contributed by atoms with Crippen LogP contribution in [0.25, 0.3) is 0 Å². The van der Waals surface area contributed by atoms with Crippen LogP contribution in [0.5, 0.6) is 0 Å². The Kier molecular flexibility index (Phi) is 2.87. The number of carboxylic acid groups (broad SMARTS) is 1. The normalized spacial score (nSPS) is 39.1. The summed E-state index contributed by atoms with van der Waals surface area (Å²) in [5.74, 6) is -2.36. The van der Waals surface area contributed by atoms with E-state index in [-0.39, 0.29) is 5.91 Å². The van der Waals surface area contributed by atoms with Crippen LogP contribution in [0.3, 0.4) is 0 Å². The van der Waals surface area contributed by atoms with Crippen LogP contribution < -0.4 is 0 Å². The number of hydrogen-bond acceptors (Lipinski definition) is 4. The predicted molar refractivity (Wildman–Crippen MR) is 64.4 cm³/mol. The summed E-state index contributed by atoms with van der Waals surface area (Å²) < 4.78 is 10.8. The molecule has 0 aromatic rings. The number of aliphatic carboxylic acids is 1. The molecule has 0 unspecified atom stereocenters. The van der Waals surface area contributed by atoms with E-state index in [4.69, 9.17) is 9.47 Å². The lowest BCUT2D eigenvalue weighted by molar-refractivity contribution is -0.148. The minimum atomic E-state index is -0.951. The van der Waals surface area contributed by atoms with Gasteiger partial charge in [-0.3, -0.25) is 9.59 Å². The van der Waals surface area contributed by atoms with E-state index in [0.717, 1.165) is 6.42 Å². The highest BCUT2D eigenvalue weighted by atomic mass is 16.5. The first-order valence-corrected chi connectivity index (χ1v) is 6.47. The van der Waals surface area contributed by atoms with Crippen LogP contribution in [0, 0.1) is 11.8 Å². The van der Waals surface area contributed by atoms with Crippen LogP contribution in [0.15, 0.2) is 12.2 Å². The number of carbonyl (C=O) groups excluding carboxylic acids is 1. The first-order valence-electron chi connectivity index (χ1n) is 6.47. The molecule has 2 saturated heterocycles. The van der Waals surface area contributed by atoms with Crippen molar-refractivity contribution in [2.24, 2.45) is 11.8 Å². The fourth-order valence-corrected chi connectivity index (χ4v) is 3.45. The topological polar surface area (TPSA) is 76.1 Å². The van der Waals surface area contributed by atoms with Gasteiger partial charge in [0.2, 0.25) is 5.91 Å². The molecule has 3 rings (SSSR count). The number of nitrogens with zero attached hydrogens (tertiary/aromatic N) is 1. The van der Waals surface area contributed by atoms with E-state index in [1.54, 1.807) is 18.1 Å². The van der Waals surface area contributed by atoms with Crippen LogP contribution in [-0.4, -0.2) is 60.4 Å². The number of methoxy groups -OCH3 is 1. The van der Waals surface area contributed by atoms with E-state index >= 15 is 0 Å². The number of carboxylic acids is 1. The minimum Gasteiger partial charge on any atom is -0.481 e. The van der Waals surface area contributed by atoms with Crippen molar-refractivity contribution in [1.82, 2.24) is 4.90 Å². The van der Waals surface area contributed by atoms with Gasteiger partial charge in [0, 0.05) is 20.3 Å². The van der Waals surface area contributed by atoms with Gasteiger partial charge in [-0.1, -0.05) is 12.2 Å². The standard InChI is InChI=1S/C13H17NO5/c1-18-6-2-5-14-7-13-4-3-8(19-13)9(12(16)17)10(13)11(14)15/h3-4,8-10H,2,5-7H2,1H3,(H,16,17)/t8-,9+,10+,13+/m0/s1. The first-order chi connectivity index (χ1) is 9.09. The number of likely N-dealkylation sites (tertiary alicyclic amines) is 1. The zero-order valence-electron chi connectivity index (χ0n) is 10.7. The molecule has 19 heavy (non-hydrogen) atoms. The second-order valence-electron chi connectivity index (χ2n) is 5.34. The lowest BCUT2D eigenvalue weighted by Gasteiger charge is -2.21. The smallest absolute Gasteiger partial charge is 0.310 e. The molecule has 4 atom stereocenters. The maximum absolute atomic E-state index is 12.4. The maximum atomic E-state index is 12.4. The van der Waals surface area contributed by atoms with Crippen molar-refractivity contribution in [3.05, 3.63) is 12.2 Å². The molecule has 1 N–H and O–H groups in total. The highest BCUT2D eigenvalue weighted by Crippen LogP contribution is 2.51. The monoisotopic (exact) mass is 267 g/mol. The molecule has 0 saturated carbocycles. The summed E-state index contributed by atoms with van der Waals surface area (Å²) >= 11 is 0. The Morgan fingerprint density at radius 2 is 2.47 bits per heavy atom. The molecular weight excluding hydrogens is 250 g/mol. The Labute approximate surface area is 111 Å². The van der Waals surface area contributed by atoms with Crippen molar-refractivity contribution in [3.63, 3.8) is 0 Å². The zero-order chi connectivity index (χ0) is 13.6. The summed E-state index contributed by atoms with van der Waals surface area (Å²) in [6, 6.07) is 0. The number of amides is 1. The van der Waals surface area contributed by atoms with E-state index in [2.05, 4.69) is 0 Å². The van der Waals surface area contributed by atoms with Crippen LogP contribution in [-0.2, 0) is 19.1 Å². The molecule has 3 heterocycles. The van der Waals surface area contributed by atoms with Crippen molar-refractivity contribution in [3.8, 4) is 0 Å². The molecule has 104 valence electrons. The lowest BCUT2D eigenvalue weighted by Crippen LogP contribution is -2.39. The van der Waals surface area contributed by atoms with Gasteiger partial charge in [0.1, 0.15) is 11.5 Å². The highest BCUT2D eigenvalue weighted by molar-refractivity contribution is 5.90. The van der Waals surface area contributed by atoms with Gasteiger partial charge in [0.25, 0.3) is 0 Å². The predicted octanol–water partition coefficient (Wildman–Crippen LogP) is -0.111. The Hall–Kier alpha value is -1.40. The Bertz CT molecular complexity index is 448. The van der Waals surface area contributed by atoms with Crippen molar-refractivity contribution in [2.75, 3.05) is 26.8 Å².